The molecule has 0 bridgehead atoms. The van der Waals surface area contributed by atoms with E-state index in [9.17, 15) is 10.1 Å². The van der Waals surface area contributed by atoms with Crippen molar-refractivity contribution in [1.82, 2.24) is 0 Å². The van der Waals surface area contributed by atoms with Crippen LogP contribution in [0, 0.1) is 10.1 Å². The van der Waals surface area contributed by atoms with Gasteiger partial charge in [0.05, 0.1) is 0 Å². The molecule has 70 valence electrons. The molecule has 1 aromatic carbocycles. The second-order valence-electron chi connectivity index (χ2n) is 2.78. The third kappa shape index (κ3) is 1.76. The van der Waals surface area contributed by atoms with Crippen molar-refractivity contribution in [3.63, 3.8) is 0 Å². The van der Waals surface area contributed by atoms with E-state index in [1.807, 2.05) is 6.07 Å². The van der Waals surface area contributed by atoms with Crippen molar-refractivity contribution in [3.8, 4) is 10.0 Å². The maximum absolute atomic E-state index is 10.4. The van der Waals surface area contributed by atoms with Gasteiger partial charge in [-0.15, -0.1) is 0 Å². The summed E-state index contributed by atoms with van der Waals surface area (Å²) in [6.07, 6.45) is 0. The van der Waals surface area contributed by atoms with Crippen LogP contribution in [0.5, 0.6) is 0 Å². The van der Waals surface area contributed by atoms with E-state index in [0.29, 0.717) is 14.5 Å². The van der Waals surface area contributed by atoms with Crippen LogP contribution in [0.3, 0.4) is 0 Å². The Kier molecular flexibility index (Phi) is 2.48. The predicted molar refractivity (Wildman–Crippen MR) is 55.5 cm³/mol. The molecule has 0 saturated carbocycles. The molecule has 14 heavy (non-hydrogen) atoms. The van der Waals surface area contributed by atoms with Gasteiger partial charge in [-0.2, -0.15) is 0 Å². The Hall–Kier alpha value is -1.38. The molecule has 0 unspecified atom stereocenters. The van der Waals surface area contributed by atoms with Crippen LogP contribution in [0.1, 0.15) is 0 Å². The summed E-state index contributed by atoms with van der Waals surface area (Å²) in [4.78, 5) is 12.2. The molecule has 0 amide bonds. The molecule has 0 aliphatic rings. The van der Waals surface area contributed by atoms with E-state index < -0.39 is 0 Å². The monoisotopic (exact) mass is 253 g/mol. The fourth-order valence-electron chi connectivity index (χ4n) is 1.19. The van der Waals surface area contributed by atoms with Crippen molar-refractivity contribution in [1.29, 1.82) is 0 Å². The molecule has 2 aromatic rings. The zero-order valence-electron chi connectivity index (χ0n) is 7.21. The molecule has 1 heterocycles. The van der Waals surface area contributed by atoms with E-state index in [1.165, 1.54) is 4.44 Å². The van der Waals surface area contributed by atoms with Gasteiger partial charge in [0, 0.05) is 0 Å². The van der Waals surface area contributed by atoms with Crippen LogP contribution in [0.25, 0.3) is 10.0 Å². The minimum atomic E-state index is -0.379. The third-order valence-electron chi connectivity index (χ3n) is 1.88. The van der Waals surface area contributed by atoms with Gasteiger partial charge in [0.2, 0.25) is 0 Å². The Balaban J connectivity index is 2.36. The van der Waals surface area contributed by atoms with Gasteiger partial charge in [0.25, 0.3) is 0 Å². The van der Waals surface area contributed by atoms with Gasteiger partial charge in [0.1, 0.15) is 0 Å². The van der Waals surface area contributed by atoms with Gasteiger partial charge in [-0.05, 0) is 0 Å². The second kappa shape index (κ2) is 3.78. The van der Waals surface area contributed by atoms with Crippen LogP contribution in [0.15, 0.2) is 41.3 Å². The Bertz CT molecular complexity index is 434. The molecule has 0 aliphatic carbocycles. The first-order chi connectivity index (χ1) is 6.77. The summed E-state index contributed by atoms with van der Waals surface area (Å²) in [6.45, 7) is 0. The fourth-order valence-corrected chi connectivity index (χ4v) is 2.73. The van der Waals surface area contributed by atoms with E-state index >= 15 is 0 Å². The van der Waals surface area contributed by atoms with Crippen molar-refractivity contribution in [2.24, 2.45) is 0 Å². The standard InChI is InChI=1S/C10H7NO2Se/c12-11(13)9-5-3-8(4-6-9)10-2-1-7-14-10/h1-7H. The average molecular weight is 252 g/mol. The van der Waals surface area contributed by atoms with Crippen molar-refractivity contribution in [2.45, 2.75) is 0 Å². The molecule has 0 aliphatic heterocycles. The molecule has 0 radical (unpaired) electrons. The number of rotatable bonds is 2. The van der Waals surface area contributed by atoms with Gasteiger partial charge in [-0.1, -0.05) is 0 Å². The molecule has 1 aromatic heterocycles. The zero-order valence-corrected chi connectivity index (χ0v) is 8.93. The van der Waals surface area contributed by atoms with Crippen LogP contribution in [0.2, 0.25) is 0 Å². The first-order valence-electron chi connectivity index (χ1n) is 4.06. The van der Waals surface area contributed by atoms with Crippen LogP contribution in [-0.4, -0.2) is 19.4 Å². The van der Waals surface area contributed by atoms with Crippen molar-refractivity contribution >= 4 is 20.2 Å². The van der Waals surface area contributed by atoms with Crippen molar-refractivity contribution in [3.05, 3.63) is 51.5 Å². The number of nitro groups is 1. The summed E-state index contributed by atoms with van der Waals surface area (Å²) in [5.41, 5.74) is 1.23. The first-order valence-corrected chi connectivity index (χ1v) is 5.90. The second-order valence-corrected chi connectivity index (χ2v) is 4.77. The van der Waals surface area contributed by atoms with Crippen molar-refractivity contribution in [2.75, 3.05) is 0 Å². The molecule has 2 rings (SSSR count). The normalized spacial score (nSPS) is 10.0. The Labute approximate surface area is 86.9 Å². The molecule has 0 spiro atoms. The summed E-state index contributed by atoms with van der Waals surface area (Å²) >= 11 is 0.385. The maximum atomic E-state index is 10.4. The Morgan fingerprint density at radius 1 is 1.14 bits per heavy atom. The number of nitro benzene ring substituents is 1. The molecule has 0 atom stereocenters. The van der Waals surface area contributed by atoms with E-state index in [2.05, 4.69) is 11.0 Å². The van der Waals surface area contributed by atoms with Gasteiger partial charge >= 0.3 is 86.6 Å². The molecular formula is C10H7NO2Se. The summed E-state index contributed by atoms with van der Waals surface area (Å²) in [5.74, 6) is 0. The molecule has 3 nitrogen and oxygen atoms in total. The molecular weight excluding hydrogens is 245 g/mol. The number of hydrogen-bond acceptors (Lipinski definition) is 2. The summed E-state index contributed by atoms with van der Waals surface area (Å²) < 4.78 is 1.27. The predicted octanol–water partition coefficient (Wildman–Crippen LogP) is 2.32. The van der Waals surface area contributed by atoms with Gasteiger partial charge in [0.15, 0.2) is 0 Å². The summed E-state index contributed by atoms with van der Waals surface area (Å²) in [5, 5.41) is 10.4. The van der Waals surface area contributed by atoms with Crippen LogP contribution in [-0.2, 0) is 0 Å². The van der Waals surface area contributed by atoms with Gasteiger partial charge in [-0.3, -0.25) is 0 Å². The average Bonchev–Trinajstić information content (AvgIpc) is 2.71. The molecule has 4 heteroatoms. The Morgan fingerprint density at radius 2 is 1.86 bits per heavy atom. The quantitative estimate of drug-likeness (QED) is 0.467. The topological polar surface area (TPSA) is 43.1 Å². The third-order valence-corrected chi connectivity index (χ3v) is 3.81. The first kappa shape index (κ1) is 9.19. The zero-order chi connectivity index (χ0) is 9.97. The van der Waals surface area contributed by atoms with Gasteiger partial charge < -0.3 is 0 Å². The SMILES string of the molecule is O=[N+]([O-])c1ccc(-c2ccc[se]2)cc1. The summed E-state index contributed by atoms with van der Waals surface area (Å²) in [7, 11) is 0. The minimum absolute atomic E-state index is 0.146. The van der Waals surface area contributed by atoms with E-state index in [-0.39, 0.29) is 10.6 Å². The van der Waals surface area contributed by atoms with Crippen molar-refractivity contribution < 1.29 is 4.92 Å². The molecule has 0 N–H and O–H groups in total. The van der Waals surface area contributed by atoms with E-state index in [4.69, 9.17) is 0 Å². The molecule has 0 fully saturated rings. The van der Waals surface area contributed by atoms with Crippen LogP contribution >= 0.6 is 0 Å². The number of hydrogen-bond donors (Lipinski definition) is 0. The number of benzene rings is 1. The van der Waals surface area contributed by atoms with Crippen LogP contribution in [0.4, 0.5) is 5.69 Å². The Morgan fingerprint density at radius 3 is 2.36 bits per heavy atom. The molecule has 0 saturated heterocycles. The van der Waals surface area contributed by atoms with Crippen LogP contribution < -0.4 is 0 Å². The van der Waals surface area contributed by atoms with E-state index in [0.717, 1.165) is 5.56 Å². The fraction of sp³-hybridized carbons (Fsp3) is 0. The van der Waals surface area contributed by atoms with Gasteiger partial charge in [-0.25, -0.2) is 0 Å². The summed E-state index contributed by atoms with van der Waals surface area (Å²) in [6, 6.07) is 10.8. The number of non-ortho nitro benzene ring substituents is 1. The number of nitrogens with zero attached hydrogens (tertiary/aromatic N) is 1. The van der Waals surface area contributed by atoms with E-state index in [1.54, 1.807) is 24.3 Å².